The van der Waals surface area contributed by atoms with Crippen molar-refractivity contribution in [1.29, 1.82) is 0 Å². The van der Waals surface area contributed by atoms with Crippen LogP contribution in [0, 0.1) is 12.3 Å². The monoisotopic (exact) mass is 424 g/mol. The molecule has 2 aromatic carbocycles. The zero-order valence-corrected chi connectivity index (χ0v) is 17.6. The molecule has 162 valence electrons. The lowest BCUT2D eigenvalue weighted by molar-refractivity contribution is -0.143. The van der Waals surface area contributed by atoms with E-state index in [1.54, 1.807) is 55.5 Å². The second-order valence-corrected chi connectivity index (χ2v) is 6.19. The van der Waals surface area contributed by atoms with Gasteiger partial charge >= 0.3 is 11.9 Å². The second-order valence-electron chi connectivity index (χ2n) is 6.19. The van der Waals surface area contributed by atoms with Crippen LogP contribution >= 0.6 is 0 Å². The maximum Gasteiger partial charge on any atom is 0.325 e. The molecule has 0 aromatic heterocycles. The molecular weight excluding hydrogens is 400 g/mol. The van der Waals surface area contributed by atoms with Crippen LogP contribution in [-0.2, 0) is 19.1 Å². The van der Waals surface area contributed by atoms with E-state index in [4.69, 9.17) is 20.6 Å². The van der Waals surface area contributed by atoms with E-state index in [0.717, 1.165) is 4.90 Å². The lowest BCUT2D eigenvalue weighted by Crippen LogP contribution is -2.45. The van der Waals surface area contributed by atoms with Crippen molar-refractivity contribution in [2.24, 2.45) is 0 Å². The third-order valence-corrected chi connectivity index (χ3v) is 4.32. The first-order chi connectivity index (χ1) is 15.0. The molecule has 0 spiro atoms. The topological polar surface area (TPSA) is 94.2 Å². The fourth-order valence-corrected chi connectivity index (χ4v) is 2.94. The number of amides is 2. The molecule has 2 aromatic rings. The number of ether oxygens (including phenoxy) is 3. The minimum atomic E-state index is -1.17. The van der Waals surface area contributed by atoms with Crippen LogP contribution in [0.2, 0.25) is 0 Å². The molecule has 1 unspecified atom stereocenters. The Morgan fingerprint density at radius 3 is 2.39 bits per heavy atom. The number of methoxy groups -OCH3 is 2. The van der Waals surface area contributed by atoms with E-state index in [2.05, 4.69) is 11.2 Å². The van der Waals surface area contributed by atoms with Gasteiger partial charge in [0.15, 0.2) is 0 Å². The Bertz CT molecular complexity index is 968. The van der Waals surface area contributed by atoms with Crippen molar-refractivity contribution < 1.29 is 28.6 Å². The summed E-state index contributed by atoms with van der Waals surface area (Å²) in [5, 5.41) is 2.51. The number of terminal acetylenes is 1. The lowest BCUT2D eigenvalue weighted by Gasteiger charge is -2.31. The van der Waals surface area contributed by atoms with E-state index in [1.807, 2.05) is 0 Å². The van der Waals surface area contributed by atoms with E-state index in [-0.39, 0.29) is 24.6 Å². The lowest BCUT2D eigenvalue weighted by atomic mass is 10.0. The second kappa shape index (κ2) is 11.3. The summed E-state index contributed by atoms with van der Waals surface area (Å²) in [6.07, 6.45) is 5.42. The summed E-state index contributed by atoms with van der Waals surface area (Å²) in [4.78, 5) is 38.9. The number of anilines is 1. The number of nitrogens with zero attached hydrogens (tertiary/aromatic N) is 1. The first-order valence-corrected chi connectivity index (χ1v) is 9.46. The van der Waals surface area contributed by atoms with Crippen LogP contribution in [-0.4, -0.2) is 45.2 Å². The molecule has 2 rings (SSSR count). The van der Waals surface area contributed by atoms with Crippen LogP contribution in [0.15, 0.2) is 48.5 Å². The molecule has 0 aliphatic rings. The maximum absolute atomic E-state index is 13.2. The smallest absolute Gasteiger partial charge is 0.325 e. The minimum Gasteiger partial charge on any atom is -0.497 e. The van der Waals surface area contributed by atoms with Crippen LogP contribution in [0.25, 0.3) is 0 Å². The molecule has 1 atom stereocenters. The number of hydrogen-bond donors (Lipinski definition) is 1. The number of nitrogens with one attached hydrogen (secondary N) is 1. The van der Waals surface area contributed by atoms with Crippen LogP contribution in [0.5, 0.6) is 11.5 Å². The van der Waals surface area contributed by atoms with Crippen molar-refractivity contribution in [2.45, 2.75) is 13.0 Å². The van der Waals surface area contributed by atoms with E-state index in [9.17, 15) is 14.4 Å². The number of carbonyl (C=O) groups excluding carboxylic acids is 3. The van der Waals surface area contributed by atoms with Gasteiger partial charge in [-0.1, -0.05) is 30.3 Å². The van der Waals surface area contributed by atoms with E-state index >= 15 is 0 Å². The van der Waals surface area contributed by atoms with Crippen LogP contribution in [0.3, 0.4) is 0 Å². The standard InChI is InChI=1S/C23H24N2O6/c1-5-20(26)25(18-13-12-17(29-3)14-19(18)30-4)22(16-10-8-7-9-11-16)23(28)24-15-21(27)31-6-2/h1,7-14,22H,6,15H2,2-4H3,(H,24,28). The van der Waals surface area contributed by atoms with Gasteiger partial charge in [-0.3, -0.25) is 19.3 Å². The molecule has 31 heavy (non-hydrogen) atoms. The Balaban J connectivity index is 2.56. The zero-order valence-electron chi connectivity index (χ0n) is 17.6. The predicted molar refractivity (Wildman–Crippen MR) is 115 cm³/mol. The Labute approximate surface area is 181 Å². The average Bonchev–Trinajstić information content (AvgIpc) is 2.80. The Hall–Kier alpha value is -3.99. The maximum atomic E-state index is 13.2. The van der Waals surface area contributed by atoms with Gasteiger partial charge in [-0.2, -0.15) is 0 Å². The van der Waals surface area contributed by atoms with Gasteiger partial charge in [-0.05, 0) is 30.5 Å². The van der Waals surface area contributed by atoms with Gasteiger partial charge < -0.3 is 19.5 Å². The summed E-state index contributed by atoms with van der Waals surface area (Å²) >= 11 is 0. The fourth-order valence-electron chi connectivity index (χ4n) is 2.94. The van der Waals surface area contributed by atoms with Gasteiger partial charge in [-0.25, -0.2) is 0 Å². The van der Waals surface area contributed by atoms with Crippen LogP contribution in [0.1, 0.15) is 18.5 Å². The highest BCUT2D eigenvalue weighted by atomic mass is 16.5. The molecular formula is C23H24N2O6. The molecule has 2 amide bonds. The number of rotatable bonds is 9. The highest BCUT2D eigenvalue weighted by Crippen LogP contribution is 2.37. The molecule has 8 nitrogen and oxygen atoms in total. The highest BCUT2D eigenvalue weighted by Gasteiger charge is 2.34. The SMILES string of the molecule is C#CC(=O)N(c1ccc(OC)cc1OC)C(C(=O)NCC(=O)OCC)c1ccccc1. The summed E-state index contributed by atoms with van der Waals surface area (Å²) in [7, 11) is 2.92. The van der Waals surface area contributed by atoms with E-state index in [1.165, 1.54) is 14.2 Å². The molecule has 0 heterocycles. The third-order valence-electron chi connectivity index (χ3n) is 4.32. The van der Waals surface area contributed by atoms with Gasteiger partial charge in [0, 0.05) is 6.07 Å². The number of hydrogen-bond acceptors (Lipinski definition) is 6. The van der Waals surface area contributed by atoms with Gasteiger partial charge in [0.05, 0.1) is 26.5 Å². The summed E-state index contributed by atoms with van der Waals surface area (Å²) in [5.74, 6) is 0.870. The first kappa shape index (κ1) is 23.3. The zero-order chi connectivity index (χ0) is 22.8. The van der Waals surface area contributed by atoms with Crippen LogP contribution in [0.4, 0.5) is 5.69 Å². The van der Waals surface area contributed by atoms with Crippen molar-refractivity contribution in [3.8, 4) is 23.8 Å². The number of esters is 1. The van der Waals surface area contributed by atoms with Crippen molar-refractivity contribution in [3.63, 3.8) is 0 Å². The Morgan fingerprint density at radius 1 is 1.10 bits per heavy atom. The third kappa shape index (κ3) is 5.76. The molecule has 0 bridgehead atoms. The summed E-state index contributed by atoms with van der Waals surface area (Å²) in [5.41, 5.74) is 0.761. The Morgan fingerprint density at radius 2 is 1.81 bits per heavy atom. The van der Waals surface area contributed by atoms with Crippen molar-refractivity contribution in [3.05, 3.63) is 54.1 Å². The number of carbonyl (C=O) groups is 3. The molecule has 0 aliphatic carbocycles. The van der Waals surface area contributed by atoms with Gasteiger partial charge in [0.25, 0.3) is 0 Å². The van der Waals surface area contributed by atoms with Gasteiger partial charge in [-0.15, -0.1) is 6.42 Å². The average molecular weight is 424 g/mol. The molecule has 0 radical (unpaired) electrons. The van der Waals surface area contributed by atoms with Crippen molar-refractivity contribution >= 4 is 23.5 Å². The molecule has 8 heteroatoms. The first-order valence-electron chi connectivity index (χ1n) is 9.46. The minimum absolute atomic E-state index is 0.182. The largest absolute Gasteiger partial charge is 0.497 e. The normalized spacial score (nSPS) is 10.9. The van der Waals surface area contributed by atoms with E-state index < -0.39 is 23.8 Å². The molecule has 0 saturated heterocycles. The molecule has 0 aliphatic heterocycles. The highest BCUT2D eigenvalue weighted by molar-refractivity contribution is 6.10. The molecule has 1 N–H and O–H groups in total. The van der Waals surface area contributed by atoms with Gasteiger partial charge in [0.1, 0.15) is 24.1 Å². The number of benzene rings is 2. The quantitative estimate of drug-likeness (QED) is 0.489. The fraction of sp³-hybridized carbons (Fsp3) is 0.261. The Kier molecular flexibility index (Phi) is 8.46. The molecule has 0 saturated carbocycles. The van der Waals surface area contributed by atoms with Gasteiger partial charge in [0.2, 0.25) is 5.91 Å². The molecule has 0 fully saturated rings. The van der Waals surface area contributed by atoms with Crippen molar-refractivity contribution in [2.75, 3.05) is 32.3 Å². The summed E-state index contributed by atoms with van der Waals surface area (Å²) in [6, 6.07) is 12.2. The summed E-state index contributed by atoms with van der Waals surface area (Å²) < 4.78 is 15.5. The van der Waals surface area contributed by atoms with Crippen molar-refractivity contribution in [1.82, 2.24) is 5.32 Å². The van der Waals surface area contributed by atoms with E-state index in [0.29, 0.717) is 11.3 Å². The summed E-state index contributed by atoms with van der Waals surface area (Å²) in [6.45, 7) is 1.49. The predicted octanol–water partition coefficient (Wildman–Crippen LogP) is 2.09. The van der Waals surface area contributed by atoms with Crippen LogP contribution < -0.4 is 19.7 Å².